The van der Waals surface area contributed by atoms with E-state index in [9.17, 15) is 13.2 Å². The molecule has 0 aliphatic heterocycles. The Labute approximate surface area is 108 Å². The second-order valence-electron chi connectivity index (χ2n) is 4.73. The van der Waals surface area contributed by atoms with Gasteiger partial charge >= 0.3 is 0 Å². The second kappa shape index (κ2) is 5.10. The van der Waals surface area contributed by atoms with Gasteiger partial charge in [-0.25, -0.2) is 8.42 Å². The van der Waals surface area contributed by atoms with Crippen LogP contribution in [0.5, 0.6) is 5.75 Å². The molecule has 5 heteroatoms. The summed E-state index contributed by atoms with van der Waals surface area (Å²) in [5.41, 5.74) is 0.746. The highest BCUT2D eigenvalue weighted by Crippen LogP contribution is 2.20. The highest BCUT2D eigenvalue weighted by Gasteiger charge is 2.37. The molecule has 1 aromatic rings. The molecule has 0 aliphatic rings. The van der Waals surface area contributed by atoms with Crippen LogP contribution in [0.3, 0.4) is 0 Å². The Morgan fingerprint density at radius 3 is 2.44 bits per heavy atom. The van der Waals surface area contributed by atoms with Crippen molar-refractivity contribution < 1.29 is 17.9 Å². The molecule has 1 aromatic carbocycles. The van der Waals surface area contributed by atoms with Crippen LogP contribution in [0.25, 0.3) is 0 Å². The van der Waals surface area contributed by atoms with Gasteiger partial charge in [0.15, 0.2) is 15.6 Å². The van der Waals surface area contributed by atoms with E-state index in [0.717, 1.165) is 11.8 Å². The summed E-state index contributed by atoms with van der Waals surface area (Å²) in [7, 11) is -1.88. The van der Waals surface area contributed by atoms with Crippen LogP contribution in [-0.2, 0) is 21.1 Å². The van der Waals surface area contributed by atoms with Crippen LogP contribution in [0, 0.1) is 0 Å². The van der Waals surface area contributed by atoms with E-state index in [1.54, 1.807) is 31.4 Å². The van der Waals surface area contributed by atoms with Crippen LogP contribution in [0.2, 0.25) is 0 Å². The minimum absolute atomic E-state index is 0.0806. The Balaban J connectivity index is 2.95. The number of hydrogen-bond donors (Lipinski definition) is 0. The standard InChI is InChI=1S/C13H18O4S/c1-13(2,18(4,15)16)12(14)9-10-6-5-7-11(8-10)17-3/h5-8H,9H2,1-4H3. The smallest absolute Gasteiger partial charge is 0.159 e. The van der Waals surface area contributed by atoms with Gasteiger partial charge in [0.05, 0.1) is 7.11 Å². The monoisotopic (exact) mass is 270 g/mol. The normalized spacial score (nSPS) is 12.2. The van der Waals surface area contributed by atoms with Crippen molar-refractivity contribution in [1.82, 2.24) is 0 Å². The first-order chi connectivity index (χ1) is 8.18. The fourth-order valence-corrected chi connectivity index (χ4v) is 1.87. The maximum absolute atomic E-state index is 12.1. The highest BCUT2D eigenvalue weighted by atomic mass is 32.2. The van der Waals surface area contributed by atoms with Gasteiger partial charge in [-0.3, -0.25) is 4.79 Å². The molecule has 0 aromatic heterocycles. The van der Waals surface area contributed by atoms with Crippen molar-refractivity contribution in [2.24, 2.45) is 0 Å². The van der Waals surface area contributed by atoms with Crippen molar-refractivity contribution in [1.29, 1.82) is 0 Å². The van der Waals surface area contributed by atoms with E-state index < -0.39 is 14.6 Å². The Morgan fingerprint density at radius 1 is 1.33 bits per heavy atom. The van der Waals surface area contributed by atoms with E-state index in [4.69, 9.17) is 4.74 Å². The van der Waals surface area contributed by atoms with Crippen molar-refractivity contribution in [3.8, 4) is 5.75 Å². The lowest BCUT2D eigenvalue weighted by molar-refractivity contribution is -0.120. The second-order valence-corrected chi connectivity index (χ2v) is 7.30. The Kier molecular flexibility index (Phi) is 4.16. The van der Waals surface area contributed by atoms with Gasteiger partial charge in [0, 0.05) is 12.7 Å². The first-order valence-corrected chi connectivity index (χ1v) is 7.43. The zero-order chi connectivity index (χ0) is 14.0. The van der Waals surface area contributed by atoms with E-state index in [1.807, 2.05) is 0 Å². The number of Topliss-reactive ketones (excluding diaryl/α,β-unsaturated/α-hetero) is 1. The minimum Gasteiger partial charge on any atom is -0.497 e. The van der Waals surface area contributed by atoms with Crippen molar-refractivity contribution in [2.45, 2.75) is 25.0 Å². The predicted molar refractivity (Wildman–Crippen MR) is 70.6 cm³/mol. The Morgan fingerprint density at radius 2 is 1.94 bits per heavy atom. The van der Waals surface area contributed by atoms with E-state index in [2.05, 4.69) is 0 Å². The molecule has 0 radical (unpaired) electrons. The third-order valence-corrected chi connectivity index (χ3v) is 5.18. The number of rotatable bonds is 5. The first kappa shape index (κ1) is 14.7. The lowest BCUT2D eigenvalue weighted by Gasteiger charge is -2.20. The topological polar surface area (TPSA) is 60.4 Å². The Bertz CT molecular complexity index is 544. The highest BCUT2D eigenvalue weighted by molar-refractivity contribution is 7.92. The molecule has 0 saturated carbocycles. The number of methoxy groups -OCH3 is 1. The van der Waals surface area contributed by atoms with Crippen LogP contribution < -0.4 is 4.74 Å². The molecular weight excluding hydrogens is 252 g/mol. The van der Waals surface area contributed by atoms with E-state index in [0.29, 0.717) is 5.75 Å². The zero-order valence-corrected chi connectivity index (χ0v) is 11.9. The number of benzene rings is 1. The number of carbonyl (C=O) groups excluding carboxylic acids is 1. The predicted octanol–water partition coefficient (Wildman–Crippen LogP) is 1.63. The van der Waals surface area contributed by atoms with Gasteiger partial charge in [-0.05, 0) is 31.5 Å². The van der Waals surface area contributed by atoms with E-state index in [1.165, 1.54) is 13.8 Å². The number of carbonyl (C=O) groups is 1. The summed E-state index contributed by atoms with van der Waals surface area (Å²) in [5.74, 6) is 0.329. The lowest BCUT2D eigenvalue weighted by Crippen LogP contribution is -2.40. The SMILES string of the molecule is COc1cccc(CC(=O)C(C)(C)S(C)(=O)=O)c1. The fraction of sp³-hybridized carbons (Fsp3) is 0.462. The third kappa shape index (κ3) is 3.10. The minimum atomic E-state index is -3.42. The summed E-state index contributed by atoms with van der Waals surface area (Å²) in [4.78, 5) is 12.1. The molecule has 0 atom stereocenters. The zero-order valence-electron chi connectivity index (χ0n) is 11.1. The Hall–Kier alpha value is -1.36. The van der Waals surface area contributed by atoms with Crippen LogP contribution in [0.4, 0.5) is 0 Å². The largest absolute Gasteiger partial charge is 0.497 e. The maximum atomic E-state index is 12.1. The van der Waals surface area contributed by atoms with E-state index in [-0.39, 0.29) is 12.2 Å². The van der Waals surface area contributed by atoms with Crippen LogP contribution in [-0.4, -0.2) is 32.3 Å². The number of ether oxygens (including phenoxy) is 1. The molecule has 0 unspecified atom stereocenters. The van der Waals surface area contributed by atoms with Gasteiger partial charge in [-0.2, -0.15) is 0 Å². The number of hydrogen-bond acceptors (Lipinski definition) is 4. The number of ketones is 1. The summed E-state index contributed by atoms with van der Waals surface area (Å²) >= 11 is 0. The third-order valence-electron chi connectivity index (χ3n) is 3.10. The molecule has 0 bridgehead atoms. The number of sulfone groups is 1. The van der Waals surface area contributed by atoms with Gasteiger partial charge in [0.2, 0.25) is 0 Å². The van der Waals surface area contributed by atoms with Crippen molar-refractivity contribution in [3.05, 3.63) is 29.8 Å². The van der Waals surface area contributed by atoms with Crippen molar-refractivity contribution >= 4 is 15.6 Å². The molecule has 0 saturated heterocycles. The van der Waals surface area contributed by atoms with Crippen molar-refractivity contribution in [3.63, 3.8) is 0 Å². The molecule has 0 fully saturated rings. The molecule has 0 heterocycles. The van der Waals surface area contributed by atoms with Crippen LogP contribution >= 0.6 is 0 Å². The molecule has 0 aliphatic carbocycles. The molecule has 18 heavy (non-hydrogen) atoms. The van der Waals surface area contributed by atoms with Gasteiger partial charge in [-0.15, -0.1) is 0 Å². The summed E-state index contributed by atoms with van der Waals surface area (Å²) in [6.07, 6.45) is 1.16. The average Bonchev–Trinajstić information content (AvgIpc) is 2.27. The van der Waals surface area contributed by atoms with Crippen LogP contribution in [0.15, 0.2) is 24.3 Å². The van der Waals surface area contributed by atoms with Gasteiger partial charge in [0.1, 0.15) is 10.5 Å². The molecular formula is C13H18O4S. The first-order valence-electron chi connectivity index (χ1n) is 5.54. The lowest BCUT2D eigenvalue weighted by atomic mass is 10.0. The summed E-state index contributed by atoms with van der Waals surface area (Å²) in [6.45, 7) is 2.87. The van der Waals surface area contributed by atoms with Gasteiger partial charge < -0.3 is 4.74 Å². The molecule has 4 nitrogen and oxygen atoms in total. The summed E-state index contributed by atoms with van der Waals surface area (Å²) in [6, 6.07) is 7.06. The fourth-order valence-electron chi connectivity index (χ4n) is 1.39. The van der Waals surface area contributed by atoms with Crippen LogP contribution in [0.1, 0.15) is 19.4 Å². The molecule has 0 spiro atoms. The van der Waals surface area contributed by atoms with E-state index >= 15 is 0 Å². The molecule has 1 rings (SSSR count). The van der Waals surface area contributed by atoms with Gasteiger partial charge in [-0.1, -0.05) is 12.1 Å². The maximum Gasteiger partial charge on any atom is 0.159 e. The molecule has 100 valence electrons. The average molecular weight is 270 g/mol. The molecule has 0 amide bonds. The van der Waals surface area contributed by atoms with Crippen molar-refractivity contribution in [2.75, 3.05) is 13.4 Å². The quantitative estimate of drug-likeness (QED) is 0.816. The summed E-state index contributed by atoms with van der Waals surface area (Å²) < 4.78 is 26.8. The summed E-state index contributed by atoms with van der Waals surface area (Å²) in [5, 5.41) is 0. The van der Waals surface area contributed by atoms with Gasteiger partial charge in [0.25, 0.3) is 0 Å². The molecule has 0 N–H and O–H groups in total.